The van der Waals surface area contributed by atoms with E-state index in [0.29, 0.717) is 10.8 Å². The minimum atomic E-state index is -0.526. The first-order valence-corrected chi connectivity index (χ1v) is 11.0. The van der Waals surface area contributed by atoms with Crippen LogP contribution in [-0.2, 0) is 22.4 Å². The quantitative estimate of drug-likeness (QED) is 0.672. The molecule has 0 bridgehead atoms. The predicted octanol–water partition coefficient (Wildman–Crippen LogP) is 3.14. The minimum Gasteiger partial charge on any atom is -0.324 e. The van der Waals surface area contributed by atoms with Crippen LogP contribution in [0.15, 0.2) is 35.2 Å². The Morgan fingerprint density at radius 1 is 1.25 bits per heavy atom. The summed E-state index contributed by atoms with van der Waals surface area (Å²) >= 11 is 2.85. The zero-order chi connectivity index (χ0) is 19.7. The Morgan fingerprint density at radius 3 is 2.93 bits per heavy atom. The molecule has 0 saturated carbocycles. The fraction of sp³-hybridized carbons (Fsp3) is 0.350. The molecule has 0 unspecified atom stereocenters. The van der Waals surface area contributed by atoms with Crippen LogP contribution in [0.3, 0.4) is 0 Å². The van der Waals surface area contributed by atoms with Crippen molar-refractivity contribution in [1.29, 1.82) is 0 Å². The zero-order valence-electron chi connectivity index (χ0n) is 15.4. The van der Waals surface area contributed by atoms with Gasteiger partial charge in [-0.15, -0.1) is 23.1 Å². The fourth-order valence-electron chi connectivity index (χ4n) is 3.45. The summed E-state index contributed by atoms with van der Waals surface area (Å²) in [6, 6.07) is 9.41. The molecule has 6 nitrogen and oxygen atoms in total. The van der Waals surface area contributed by atoms with E-state index >= 15 is 0 Å². The minimum absolute atomic E-state index is 0.0103. The lowest BCUT2D eigenvalue weighted by Crippen LogP contribution is -2.43. The van der Waals surface area contributed by atoms with E-state index in [0.717, 1.165) is 29.8 Å². The lowest BCUT2D eigenvalue weighted by molar-refractivity contribution is -0.124. The standard InChI is InChI=1S/C20H21N3O3S2/c1-11-6-7-14-12(8-11)9-16(27-14)20(26)23-22-18(24)10-17-19(25)21-13-4-2-3-5-15(13)28-17/h2-5,9,11,17H,6-8,10H2,1H3,(H,21,25)(H,22,24)(H,23,26)/t11-,17-/m1/s1. The third kappa shape index (κ3) is 4.07. The van der Waals surface area contributed by atoms with E-state index in [1.54, 1.807) is 0 Å². The van der Waals surface area contributed by atoms with Gasteiger partial charge in [-0.25, -0.2) is 0 Å². The summed E-state index contributed by atoms with van der Waals surface area (Å²) in [4.78, 5) is 39.6. The largest absolute Gasteiger partial charge is 0.324 e. The third-order valence-corrected chi connectivity index (χ3v) is 7.46. The van der Waals surface area contributed by atoms with Crippen LogP contribution >= 0.6 is 23.1 Å². The molecule has 4 rings (SSSR count). The summed E-state index contributed by atoms with van der Waals surface area (Å²) in [7, 11) is 0. The topological polar surface area (TPSA) is 87.3 Å². The van der Waals surface area contributed by atoms with Crippen LogP contribution in [0.2, 0.25) is 0 Å². The summed E-state index contributed by atoms with van der Waals surface area (Å²) < 4.78 is 0. The first kappa shape index (κ1) is 19.0. The van der Waals surface area contributed by atoms with E-state index in [1.165, 1.54) is 33.5 Å². The number of carbonyl (C=O) groups is 3. The summed E-state index contributed by atoms with van der Waals surface area (Å²) in [5.41, 5.74) is 6.92. The van der Waals surface area contributed by atoms with Crippen LogP contribution in [0, 0.1) is 5.92 Å². The smallest absolute Gasteiger partial charge is 0.279 e. The lowest BCUT2D eigenvalue weighted by Gasteiger charge is -2.23. The second kappa shape index (κ2) is 7.97. The molecule has 0 radical (unpaired) electrons. The number of anilines is 1. The zero-order valence-corrected chi connectivity index (χ0v) is 17.0. The van der Waals surface area contributed by atoms with Crippen molar-refractivity contribution in [2.24, 2.45) is 5.92 Å². The number of hydrazine groups is 1. The molecule has 1 aliphatic carbocycles. The van der Waals surface area contributed by atoms with Crippen molar-refractivity contribution in [3.05, 3.63) is 45.6 Å². The number of benzene rings is 1. The molecule has 2 atom stereocenters. The van der Waals surface area contributed by atoms with E-state index in [1.807, 2.05) is 30.3 Å². The van der Waals surface area contributed by atoms with Gasteiger partial charge in [-0.2, -0.15) is 0 Å². The summed E-state index contributed by atoms with van der Waals surface area (Å²) in [6.07, 6.45) is 3.15. The van der Waals surface area contributed by atoms with Crippen molar-refractivity contribution in [2.45, 2.75) is 42.8 Å². The Labute approximate surface area is 171 Å². The van der Waals surface area contributed by atoms with Crippen LogP contribution in [0.25, 0.3) is 0 Å². The van der Waals surface area contributed by atoms with Gasteiger partial charge in [0.2, 0.25) is 11.8 Å². The number of para-hydroxylation sites is 1. The fourth-order valence-corrected chi connectivity index (χ4v) is 5.67. The van der Waals surface area contributed by atoms with Crippen LogP contribution in [0.1, 0.15) is 39.9 Å². The van der Waals surface area contributed by atoms with E-state index in [2.05, 4.69) is 23.1 Å². The van der Waals surface area contributed by atoms with Gasteiger partial charge in [0.1, 0.15) is 0 Å². The second-order valence-electron chi connectivity index (χ2n) is 7.21. The van der Waals surface area contributed by atoms with Crippen molar-refractivity contribution in [3.8, 4) is 0 Å². The molecule has 3 N–H and O–H groups in total. The summed E-state index contributed by atoms with van der Waals surface area (Å²) in [5.74, 6) is -0.269. The maximum atomic E-state index is 12.4. The average molecular weight is 416 g/mol. The van der Waals surface area contributed by atoms with Gasteiger partial charge in [0, 0.05) is 16.2 Å². The lowest BCUT2D eigenvalue weighted by atomic mass is 9.90. The van der Waals surface area contributed by atoms with Crippen molar-refractivity contribution < 1.29 is 14.4 Å². The Morgan fingerprint density at radius 2 is 2.07 bits per heavy atom. The van der Waals surface area contributed by atoms with E-state index in [9.17, 15) is 14.4 Å². The highest BCUT2D eigenvalue weighted by molar-refractivity contribution is 8.01. The van der Waals surface area contributed by atoms with Crippen molar-refractivity contribution >= 4 is 46.5 Å². The molecule has 3 amide bonds. The van der Waals surface area contributed by atoms with Crippen LogP contribution in [-0.4, -0.2) is 23.0 Å². The molecule has 146 valence electrons. The van der Waals surface area contributed by atoms with Gasteiger partial charge in [-0.1, -0.05) is 19.1 Å². The summed E-state index contributed by atoms with van der Waals surface area (Å²) in [6.45, 7) is 2.22. The van der Waals surface area contributed by atoms with Gasteiger partial charge in [0.15, 0.2) is 0 Å². The third-order valence-electron chi connectivity index (χ3n) is 4.95. The van der Waals surface area contributed by atoms with Crippen LogP contribution in [0.5, 0.6) is 0 Å². The number of thioether (sulfide) groups is 1. The normalized spacial score (nSPS) is 20.5. The van der Waals surface area contributed by atoms with Gasteiger partial charge >= 0.3 is 0 Å². The molecule has 8 heteroatoms. The molecular weight excluding hydrogens is 394 g/mol. The molecule has 2 aromatic rings. The SMILES string of the molecule is C[C@@H]1CCc2sc(C(=O)NNC(=O)C[C@H]3Sc4ccccc4NC3=O)cc2C1. The van der Waals surface area contributed by atoms with Gasteiger partial charge in [0.25, 0.3) is 5.91 Å². The molecule has 1 aromatic heterocycles. The maximum Gasteiger partial charge on any atom is 0.279 e. The Hall–Kier alpha value is -2.32. The van der Waals surface area contributed by atoms with Gasteiger partial charge in [-0.05, 0) is 48.9 Å². The molecule has 1 aliphatic heterocycles. The highest BCUT2D eigenvalue weighted by Crippen LogP contribution is 2.36. The van der Waals surface area contributed by atoms with Crippen molar-refractivity contribution in [2.75, 3.05) is 5.32 Å². The monoisotopic (exact) mass is 415 g/mol. The molecule has 28 heavy (non-hydrogen) atoms. The first-order valence-electron chi connectivity index (χ1n) is 9.27. The summed E-state index contributed by atoms with van der Waals surface area (Å²) in [5, 5.41) is 2.29. The highest BCUT2D eigenvalue weighted by Gasteiger charge is 2.29. The number of thiophene rings is 1. The van der Waals surface area contributed by atoms with Crippen molar-refractivity contribution in [3.63, 3.8) is 0 Å². The highest BCUT2D eigenvalue weighted by atomic mass is 32.2. The number of fused-ring (bicyclic) bond motifs is 2. The number of nitrogens with one attached hydrogen (secondary N) is 3. The van der Waals surface area contributed by atoms with Crippen LogP contribution < -0.4 is 16.2 Å². The molecular formula is C20H21N3O3S2. The first-order chi connectivity index (χ1) is 13.5. The Balaban J connectivity index is 1.31. The molecule has 1 aromatic carbocycles. The van der Waals surface area contributed by atoms with Gasteiger partial charge in [-0.3, -0.25) is 25.2 Å². The van der Waals surface area contributed by atoms with E-state index in [-0.39, 0.29) is 18.2 Å². The number of carbonyl (C=O) groups excluding carboxylic acids is 3. The molecule has 0 saturated heterocycles. The number of amides is 3. The average Bonchev–Trinajstić information content (AvgIpc) is 3.10. The van der Waals surface area contributed by atoms with Crippen molar-refractivity contribution in [1.82, 2.24) is 10.9 Å². The maximum absolute atomic E-state index is 12.4. The number of hydrogen-bond donors (Lipinski definition) is 3. The Kier molecular flexibility index (Phi) is 5.41. The number of aryl methyl sites for hydroxylation is 1. The van der Waals surface area contributed by atoms with E-state index < -0.39 is 11.2 Å². The number of rotatable bonds is 3. The molecule has 0 spiro atoms. The van der Waals surface area contributed by atoms with Crippen LogP contribution in [0.4, 0.5) is 5.69 Å². The van der Waals surface area contributed by atoms with Gasteiger partial charge < -0.3 is 5.32 Å². The molecule has 2 aliphatic rings. The van der Waals surface area contributed by atoms with E-state index in [4.69, 9.17) is 0 Å². The Bertz CT molecular complexity index is 941. The predicted molar refractivity (Wildman–Crippen MR) is 110 cm³/mol. The number of hydrogen-bond acceptors (Lipinski definition) is 5. The molecule has 2 heterocycles. The van der Waals surface area contributed by atoms with Gasteiger partial charge in [0.05, 0.1) is 15.8 Å². The molecule has 0 fully saturated rings. The second-order valence-corrected chi connectivity index (χ2v) is 9.59.